The van der Waals surface area contributed by atoms with E-state index in [-0.39, 0.29) is 0 Å². The van der Waals surface area contributed by atoms with Crippen LogP contribution in [0.1, 0.15) is 6.42 Å². The molecule has 5 nitrogen and oxygen atoms in total. The highest BCUT2D eigenvalue weighted by Gasteiger charge is 2.14. The first-order valence-corrected chi connectivity index (χ1v) is 4.72. The van der Waals surface area contributed by atoms with Gasteiger partial charge in [-0.05, 0) is 13.0 Å². The standard InChI is InChI=1S/C9H14N4O/c1-14-9-4-8(11-6-12-9)13-7-2-3-10-5-7/h4,6-7,10H,2-3,5H2,1H3,(H,11,12,13). The van der Waals surface area contributed by atoms with Crippen molar-refractivity contribution >= 4 is 5.82 Å². The lowest BCUT2D eigenvalue weighted by Crippen LogP contribution is -2.22. The molecule has 0 amide bonds. The molecule has 0 aromatic carbocycles. The number of nitrogens with one attached hydrogen (secondary N) is 2. The Labute approximate surface area is 82.9 Å². The summed E-state index contributed by atoms with van der Waals surface area (Å²) in [7, 11) is 1.60. The van der Waals surface area contributed by atoms with E-state index in [9.17, 15) is 0 Å². The van der Waals surface area contributed by atoms with Crippen molar-refractivity contribution in [3.63, 3.8) is 0 Å². The molecule has 1 aromatic heterocycles. The lowest BCUT2D eigenvalue weighted by atomic mass is 10.2. The van der Waals surface area contributed by atoms with E-state index >= 15 is 0 Å². The normalized spacial score (nSPS) is 20.8. The highest BCUT2D eigenvalue weighted by atomic mass is 16.5. The van der Waals surface area contributed by atoms with E-state index in [0.29, 0.717) is 11.9 Å². The lowest BCUT2D eigenvalue weighted by molar-refractivity contribution is 0.397. The summed E-state index contributed by atoms with van der Waals surface area (Å²) >= 11 is 0. The van der Waals surface area contributed by atoms with Crippen molar-refractivity contribution in [2.45, 2.75) is 12.5 Å². The van der Waals surface area contributed by atoms with Crippen molar-refractivity contribution in [1.82, 2.24) is 15.3 Å². The van der Waals surface area contributed by atoms with Crippen LogP contribution in [-0.4, -0.2) is 36.2 Å². The van der Waals surface area contributed by atoms with Gasteiger partial charge in [0.15, 0.2) is 0 Å². The number of hydrogen-bond donors (Lipinski definition) is 2. The zero-order valence-electron chi connectivity index (χ0n) is 8.16. The van der Waals surface area contributed by atoms with E-state index in [2.05, 4.69) is 20.6 Å². The van der Waals surface area contributed by atoms with E-state index in [1.54, 1.807) is 13.2 Å². The van der Waals surface area contributed by atoms with Gasteiger partial charge < -0.3 is 15.4 Å². The molecule has 5 heteroatoms. The average molecular weight is 194 g/mol. The summed E-state index contributed by atoms with van der Waals surface area (Å²) in [6.45, 7) is 2.06. The van der Waals surface area contributed by atoms with E-state index in [0.717, 1.165) is 25.3 Å². The maximum absolute atomic E-state index is 5.01. The molecule has 2 heterocycles. The Morgan fingerprint density at radius 3 is 3.21 bits per heavy atom. The zero-order chi connectivity index (χ0) is 9.80. The first kappa shape index (κ1) is 9.21. The van der Waals surface area contributed by atoms with Gasteiger partial charge in [0.05, 0.1) is 7.11 Å². The molecule has 0 spiro atoms. The van der Waals surface area contributed by atoms with Crippen LogP contribution in [0.25, 0.3) is 0 Å². The quantitative estimate of drug-likeness (QED) is 0.722. The Balaban J connectivity index is 2.00. The Kier molecular flexibility index (Phi) is 2.78. The van der Waals surface area contributed by atoms with Crippen LogP contribution in [0.3, 0.4) is 0 Å². The maximum Gasteiger partial charge on any atom is 0.218 e. The monoisotopic (exact) mass is 194 g/mol. The summed E-state index contributed by atoms with van der Waals surface area (Å²) in [5.41, 5.74) is 0. The van der Waals surface area contributed by atoms with Gasteiger partial charge in [0.1, 0.15) is 12.1 Å². The molecule has 1 fully saturated rings. The van der Waals surface area contributed by atoms with Crippen molar-refractivity contribution in [1.29, 1.82) is 0 Å². The molecule has 2 N–H and O–H groups in total. The predicted octanol–water partition coefficient (Wildman–Crippen LogP) is 0.259. The maximum atomic E-state index is 5.01. The molecule has 1 atom stereocenters. The summed E-state index contributed by atoms with van der Waals surface area (Å²) in [5.74, 6) is 1.42. The second-order valence-corrected chi connectivity index (χ2v) is 3.28. The molecule has 1 aromatic rings. The van der Waals surface area contributed by atoms with Crippen LogP contribution in [0.4, 0.5) is 5.82 Å². The first-order valence-electron chi connectivity index (χ1n) is 4.72. The van der Waals surface area contributed by atoms with Crippen LogP contribution in [0, 0.1) is 0 Å². The van der Waals surface area contributed by atoms with Gasteiger partial charge in [0.25, 0.3) is 0 Å². The fraction of sp³-hybridized carbons (Fsp3) is 0.556. The van der Waals surface area contributed by atoms with Gasteiger partial charge >= 0.3 is 0 Å². The molecule has 1 aliphatic rings. The Bertz CT molecular complexity index is 299. The average Bonchev–Trinajstić information content (AvgIpc) is 2.71. The van der Waals surface area contributed by atoms with Crippen LogP contribution >= 0.6 is 0 Å². The Morgan fingerprint density at radius 2 is 2.50 bits per heavy atom. The number of methoxy groups -OCH3 is 1. The fourth-order valence-corrected chi connectivity index (χ4v) is 1.52. The molecule has 14 heavy (non-hydrogen) atoms. The van der Waals surface area contributed by atoms with Crippen molar-refractivity contribution < 1.29 is 4.74 Å². The summed E-state index contributed by atoms with van der Waals surface area (Å²) in [5, 5.41) is 6.61. The molecule has 76 valence electrons. The third kappa shape index (κ3) is 2.11. The van der Waals surface area contributed by atoms with Crippen molar-refractivity contribution in [3.8, 4) is 5.88 Å². The zero-order valence-corrected chi connectivity index (χ0v) is 8.16. The third-order valence-corrected chi connectivity index (χ3v) is 2.26. The molecule has 2 rings (SSSR count). The van der Waals surface area contributed by atoms with Crippen LogP contribution in [-0.2, 0) is 0 Å². The summed E-state index contributed by atoms with van der Waals surface area (Å²) in [6, 6.07) is 2.27. The predicted molar refractivity (Wildman–Crippen MR) is 53.5 cm³/mol. The minimum Gasteiger partial charge on any atom is -0.481 e. The number of ether oxygens (including phenoxy) is 1. The molecule has 1 saturated heterocycles. The highest BCUT2D eigenvalue weighted by Crippen LogP contribution is 2.12. The molecule has 0 bridgehead atoms. The second-order valence-electron chi connectivity index (χ2n) is 3.28. The van der Waals surface area contributed by atoms with Crippen molar-refractivity contribution in [3.05, 3.63) is 12.4 Å². The Hall–Kier alpha value is -1.36. The van der Waals surface area contributed by atoms with Gasteiger partial charge in [-0.15, -0.1) is 0 Å². The van der Waals surface area contributed by atoms with E-state index in [1.807, 2.05) is 0 Å². The van der Waals surface area contributed by atoms with Crippen LogP contribution in [0.15, 0.2) is 12.4 Å². The lowest BCUT2D eigenvalue weighted by Gasteiger charge is -2.11. The molecule has 1 unspecified atom stereocenters. The van der Waals surface area contributed by atoms with Gasteiger partial charge in [-0.25, -0.2) is 9.97 Å². The summed E-state index contributed by atoms with van der Waals surface area (Å²) in [6.07, 6.45) is 2.63. The SMILES string of the molecule is COc1cc(NC2CCNC2)ncn1. The van der Waals surface area contributed by atoms with Gasteiger partial charge in [-0.2, -0.15) is 0 Å². The topological polar surface area (TPSA) is 59.1 Å². The van der Waals surface area contributed by atoms with E-state index in [1.165, 1.54) is 6.33 Å². The van der Waals surface area contributed by atoms with E-state index < -0.39 is 0 Å². The largest absolute Gasteiger partial charge is 0.481 e. The molecular formula is C9H14N4O. The highest BCUT2D eigenvalue weighted by molar-refractivity contribution is 5.38. The Morgan fingerprint density at radius 1 is 1.57 bits per heavy atom. The van der Waals surface area contributed by atoms with Gasteiger partial charge in [-0.1, -0.05) is 0 Å². The van der Waals surface area contributed by atoms with Crippen molar-refractivity contribution in [2.24, 2.45) is 0 Å². The fourth-order valence-electron chi connectivity index (χ4n) is 1.52. The molecular weight excluding hydrogens is 180 g/mol. The molecule has 1 aliphatic heterocycles. The van der Waals surface area contributed by atoms with Gasteiger partial charge in [0.2, 0.25) is 5.88 Å². The summed E-state index contributed by atoms with van der Waals surface area (Å²) in [4.78, 5) is 8.06. The molecule has 0 radical (unpaired) electrons. The number of anilines is 1. The number of aromatic nitrogens is 2. The molecule has 0 saturated carbocycles. The number of hydrogen-bond acceptors (Lipinski definition) is 5. The van der Waals surface area contributed by atoms with Crippen LogP contribution < -0.4 is 15.4 Å². The third-order valence-electron chi connectivity index (χ3n) is 2.26. The van der Waals surface area contributed by atoms with Gasteiger partial charge in [0, 0.05) is 18.7 Å². The van der Waals surface area contributed by atoms with E-state index in [4.69, 9.17) is 4.74 Å². The first-order chi connectivity index (χ1) is 6.88. The molecule has 0 aliphatic carbocycles. The van der Waals surface area contributed by atoms with Gasteiger partial charge in [-0.3, -0.25) is 0 Å². The second kappa shape index (κ2) is 4.23. The van der Waals surface area contributed by atoms with Crippen LogP contribution in [0.2, 0.25) is 0 Å². The number of rotatable bonds is 3. The smallest absolute Gasteiger partial charge is 0.218 e. The minimum atomic E-state index is 0.467. The van der Waals surface area contributed by atoms with Crippen molar-refractivity contribution in [2.75, 3.05) is 25.5 Å². The van der Waals surface area contributed by atoms with Crippen LogP contribution in [0.5, 0.6) is 5.88 Å². The summed E-state index contributed by atoms with van der Waals surface area (Å²) < 4.78 is 5.01. The minimum absolute atomic E-state index is 0.467. The number of nitrogens with zero attached hydrogens (tertiary/aromatic N) is 2.